The Hall–Kier alpha value is -0.340. The van der Waals surface area contributed by atoms with Crippen molar-refractivity contribution < 1.29 is 9.84 Å². The van der Waals surface area contributed by atoms with Gasteiger partial charge in [-0.15, -0.1) is 0 Å². The molecule has 0 aromatic heterocycles. The lowest BCUT2D eigenvalue weighted by Crippen LogP contribution is -2.31. The number of aliphatic hydroxyl groups excluding tert-OH is 1. The average molecular weight is 142 g/mol. The van der Waals surface area contributed by atoms with E-state index in [-0.39, 0.29) is 12.2 Å². The normalized spacial score (nSPS) is 34.4. The van der Waals surface area contributed by atoms with Crippen molar-refractivity contribution in [1.29, 1.82) is 0 Å². The maximum Gasteiger partial charge on any atom is 0.0838 e. The van der Waals surface area contributed by atoms with Crippen LogP contribution in [0, 0.1) is 0 Å². The SMILES string of the molecule is C=C1CCC(OC)C(O)C1. The number of rotatable bonds is 1. The molecule has 0 saturated heterocycles. The Labute approximate surface area is 61.5 Å². The molecule has 2 atom stereocenters. The highest BCUT2D eigenvalue weighted by molar-refractivity contribution is 5.02. The minimum absolute atomic E-state index is 0.0329. The second-order valence-corrected chi connectivity index (χ2v) is 2.83. The second kappa shape index (κ2) is 3.17. The molecule has 0 amide bonds. The summed E-state index contributed by atoms with van der Waals surface area (Å²) in [6.07, 6.45) is 2.32. The number of aliphatic hydroxyl groups is 1. The maximum atomic E-state index is 9.35. The van der Waals surface area contributed by atoms with Crippen LogP contribution in [0.4, 0.5) is 0 Å². The van der Waals surface area contributed by atoms with Gasteiger partial charge in [0.25, 0.3) is 0 Å². The summed E-state index contributed by atoms with van der Waals surface area (Å²) in [5.74, 6) is 0. The van der Waals surface area contributed by atoms with Gasteiger partial charge in [0.05, 0.1) is 12.2 Å². The van der Waals surface area contributed by atoms with E-state index in [1.807, 2.05) is 0 Å². The van der Waals surface area contributed by atoms with E-state index in [2.05, 4.69) is 6.58 Å². The van der Waals surface area contributed by atoms with Crippen LogP contribution in [0.15, 0.2) is 12.2 Å². The highest BCUT2D eigenvalue weighted by atomic mass is 16.5. The Bertz CT molecular complexity index is 131. The van der Waals surface area contributed by atoms with E-state index in [4.69, 9.17) is 4.74 Å². The molecule has 0 spiro atoms. The molecule has 1 aliphatic rings. The van der Waals surface area contributed by atoms with Crippen molar-refractivity contribution in [3.8, 4) is 0 Å². The number of hydrogen-bond acceptors (Lipinski definition) is 2. The summed E-state index contributed by atoms with van der Waals surface area (Å²) in [5, 5.41) is 9.35. The van der Waals surface area contributed by atoms with E-state index >= 15 is 0 Å². The molecule has 10 heavy (non-hydrogen) atoms. The van der Waals surface area contributed by atoms with Crippen LogP contribution in [0.5, 0.6) is 0 Å². The smallest absolute Gasteiger partial charge is 0.0838 e. The lowest BCUT2D eigenvalue weighted by atomic mass is 9.91. The molecule has 1 N–H and O–H groups in total. The highest BCUT2D eigenvalue weighted by Crippen LogP contribution is 2.23. The van der Waals surface area contributed by atoms with Crippen molar-refractivity contribution in [3.63, 3.8) is 0 Å². The summed E-state index contributed by atoms with van der Waals surface area (Å²) in [4.78, 5) is 0. The molecule has 0 radical (unpaired) electrons. The standard InChI is InChI=1S/C8H14O2/c1-6-3-4-8(10-2)7(9)5-6/h7-9H,1,3-5H2,2H3. The van der Waals surface area contributed by atoms with Crippen LogP contribution in [0.2, 0.25) is 0 Å². The third-order valence-electron chi connectivity index (χ3n) is 2.01. The molecule has 1 rings (SSSR count). The molecule has 2 unspecified atom stereocenters. The van der Waals surface area contributed by atoms with Crippen LogP contribution in [0.1, 0.15) is 19.3 Å². The number of hydrogen-bond donors (Lipinski definition) is 1. The van der Waals surface area contributed by atoms with Gasteiger partial charge >= 0.3 is 0 Å². The zero-order valence-corrected chi connectivity index (χ0v) is 6.34. The number of methoxy groups -OCH3 is 1. The summed E-state index contributed by atoms with van der Waals surface area (Å²) in [6.45, 7) is 3.82. The fourth-order valence-electron chi connectivity index (χ4n) is 1.34. The first-order valence-electron chi connectivity index (χ1n) is 3.61. The monoisotopic (exact) mass is 142 g/mol. The fraction of sp³-hybridized carbons (Fsp3) is 0.750. The number of ether oxygens (including phenoxy) is 1. The third-order valence-corrected chi connectivity index (χ3v) is 2.01. The summed E-state index contributed by atoms with van der Waals surface area (Å²) in [5.41, 5.74) is 1.14. The van der Waals surface area contributed by atoms with Crippen molar-refractivity contribution in [2.24, 2.45) is 0 Å². The summed E-state index contributed by atoms with van der Waals surface area (Å²) in [6, 6.07) is 0. The molecule has 1 aliphatic carbocycles. The first-order chi connectivity index (χ1) is 4.74. The molecule has 0 aromatic rings. The van der Waals surface area contributed by atoms with Gasteiger partial charge in [0, 0.05) is 7.11 Å². The summed E-state index contributed by atoms with van der Waals surface area (Å²) in [7, 11) is 1.64. The minimum atomic E-state index is -0.328. The van der Waals surface area contributed by atoms with Gasteiger partial charge in [-0.2, -0.15) is 0 Å². The Morgan fingerprint density at radius 3 is 2.90 bits per heavy atom. The molecular formula is C8H14O2. The van der Waals surface area contributed by atoms with E-state index in [0.717, 1.165) is 18.4 Å². The second-order valence-electron chi connectivity index (χ2n) is 2.83. The van der Waals surface area contributed by atoms with E-state index in [1.165, 1.54) is 0 Å². The Balaban J connectivity index is 2.43. The predicted molar refractivity (Wildman–Crippen MR) is 39.8 cm³/mol. The third kappa shape index (κ3) is 1.58. The first kappa shape index (κ1) is 7.76. The van der Waals surface area contributed by atoms with E-state index in [1.54, 1.807) is 7.11 Å². The van der Waals surface area contributed by atoms with Crippen molar-refractivity contribution in [2.75, 3.05) is 7.11 Å². The molecule has 1 fully saturated rings. The van der Waals surface area contributed by atoms with Gasteiger partial charge in [0.2, 0.25) is 0 Å². The molecule has 0 aliphatic heterocycles. The Morgan fingerprint density at radius 1 is 1.70 bits per heavy atom. The molecule has 2 nitrogen and oxygen atoms in total. The van der Waals surface area contributed by atoms with E-state index in [9.17, 15) is 5.11 Å². The molecule has 2 heteroatoms. The van der Waals surface area contributed by atoms with Gasteiger partial charge < -0.3 is 9.84 Å². The van der Waals surface area contributed by atoms with Gasteiger partial charge in [0.1, 0.15) is 0 Å². The van der Waals surface area contributed by atoms with Gasteiger partial charge in [-0.3, -0.25) is 0 Å². The van der Waals surface area contributed by atoms with Gasteiger partial charge in [-0.05, 0) is 19.3 Å². The zero-order valence-electron chi connectivity index (χ0n) is 6.34. The molecule has 58 valence electrons. The van der Waals surface area contributed by atoms with Crippen molar-refractivity contribution in [1.82, 2.24) is 0 Å². The average Bonchev–Trinajstić information content (AvgIpc) is 1.88. The summed E-state index contributed by atoms with van der Waals surface area (Å²) >= 11 is 0. The molecule has 0 heterocycles. The Kier molecular flexibility index (Phi) is 2.46. The van der Waals surface area contributed by atoms with Crippen LogP contribution in [0.25, 0.3) is 0 Å². The van der Waals surface area contributed by atoms with Gasteiger partial charge in [-0.1, -0.05) is 12.2 Å². The van der Waals surface area contributed by atoms with Crippen LogP contribution in [-0.2, 0) is 4.74 Å². The lowest BCUT2D eigenvalue weighted by Gasteiger charge is -2.27. The Morgan fingerprint density at radius 2 is 2.40 bits per heavy atom. The minimum Gasteiger partial charge on any atom is -0.390 e. The van der Waals surface area contributed by atoms with Gasteiger partial charge in [0.15, 0.2) is 0 Å². The van der Waals surface area contributed by atoms with Crippen LogP contribution in [-0.4, -0.2) is 24.4 Å². The topological polar surface area (TPSA) is 29.5 Å². The highest BCUT2D eigenvalue weighted by Gasteiger charge is 2.23. The predicted octanol–water partition coefficient (Wildman–Crippen LogP) is 1.10. The van der Waals surface area contributed by atoms with Crippen molar-refractivity contribution in [2.45, 2.75) is 31.5 Å². The molecule has 1 saturated carbocycles. The largest absolute Gasteiger partial charge is 0.390 e. The first-order valence-corrected chi connectivity index (χ1v) is 3.61. The van der Waals surface area contributed by atoms with Crippen LogP contribution in [0.3, 0.4) is 0 Å². The summed E-state index contributed by atoms with van der Waals surface area (Å²) < 4.78 is 5.06. The lowest BCUT2D eigenvalue weighted by molar-refractivity contribution is -0.0250. The maximum absolute atomic E-state index is 9.35. The van der Waals surface area contributed by atoms with Crippen molar-refractivity contribution in [3.05, 3.63) is 12.2 Å². The fourth-order valence-corrected chi connectivity index (χ4v) is 1.34. The molecule has 0 aromatic carbocycles. The van der Waals surface area contributed by atoms with Gasteiger partial charge in [-0.25, -0.2) is 0 Å². The van der Waals surface area contributed by atoms with Crippen LogP contribution < -0.4 is 0 Å². The van der Waals surface area contributed by atoms with Crippen molar-refractivity contribution >= 4 is 0 Å². The van der Waals surface area contributed by atoms with E-state index < -0.39 is 0 Å². The van der Waals surface area contributed by atoms with Crippen LogP contribution >= 0.6 is 0 Å². The molecular weight excluding hydrogens is 128 g/mol. The zero-order chi connectivity index (χ0) is 7.56. The quantitative estimate of drug-likeness (QED) is 0.555. The van der Waals surface area contributed by atoms with E-state index in [0.29, 0.717) is 6.42 Å². The molecule has 0 bridgehead atoms.